The van der Waals surface area contributed by atoms with Crippen molar-refractivity contribution in [1.29, 1.82) is 5.26 Å². The molecule has 0 aliphatic heterocycles. The second-order valence-electron chi connectivity index (χ2n) is 2.89. The third-order valence-corrected chi connectivity index (χ3v) is 2.09. The van der Waals surface area contributed by atoms with Crippen LogP contribution in [0.15, 0.2) is 0 Å². The van der Waals surface area contributed by atoms with E-state index in [0.29, 0.717) is 0 Å². The Bertz CT molecular complexity index is 159. The Balaban J connectivity index is 2.40. The van der Waals surface area contributed by atoms with Crippen molar-refractivity contribution in [3.8, 4) is 6.07 Å². The Labute approximate surface area is 60.8 Å². The van der Waals surface area contributed by atoms with E-state index < -0.39 is 0 Å². The quantitative estimate of drug-likeness (QED) is 0.514. The predicted octanol–water partition coefficient (Wildman–Crippen LogP) is 1.52. The number of hydrogen-bond acceptors (Lipinski definition) is 2. The van der Waals surface area contributed by atoms with Crippen LogP contribution in [-0.2, 0) is 4.79 Å². The molecule has 2 nitrogen and oxygen atoms in total. The van der Waals surface area contributed by atoms with E-state index in [-0.39, 0.29) is 11.8 Å². The van der Waals surface area contributed by atoms with Gasteiger partial charge in [-0.05, 0) is 19.3 Å². The number of carbonyl (C=O) groups excluding carboxylic acids is 1. The van der Waals surface area contributed by atoms with Crippen LogP contribution in [0.1, 0.15) is 25.7 Å². The first-order valence-electron chi connectivity index (χ1n) is 3.71. The van der Waals surface area contributed by atoms with Gasteiger partial charge in [-0.15, -0.1) is 0 Å². The largest absolute Gasteiger partial charge is 0.303 e. The fraction of sp³-hybridized carbons (Fsp3) is 0.750. The Hall–Kier alpha value is -0.840. The van der Waals surface area contributed by atoms with Gasteiger partial charge in [0.1, 0.15) is 6.29 Å². The van der Waals surface area contributed by atoms with Crippen molar-refractivity contribution in [3.05, 3.63) is 0 Å². The zero-order valence-corrected chi connectivity index (χ0v) is 5.92. The third-order valence-electron chi connectivity index (χ3n) is 2.09. The highest BCUT2D eigenvalue weighted by Crippen LogP contribution is 2.26. The molecule has 0 saturated heterocycles. The molecular formula is C8H11NO. The number of aldehydes is 1. The first kappa shape index (κ1) is 7.27. The standard InChI is InChI=1S/C8H11NO/c9-5-7-2-1-3-8(4-7)6-10/h6-8H,1-4H2/t7-,8+/m0/s1. The summed E-state index contributed by atoms with van der Waals surface area (Å²) in [6, 6.07) is 2.21. The van der Waals surface area contributed by atoms with Crippen LogP contribution in [0.25, 0.3) is 0 Å². The predicted molar refractivity (Wildman–Crippen MR) is 37.1 cm³/mol. The lowest BCUT2D eigenvalue weighted by Gasteiger charge is -2.19. The zero-order valence-electron chi connectivity index (χ0n) is 5.92. The number of nitriles is 1. The summed E-state index contributed by atoms with van der Waals surface area (Å²) in [5, 5.41) is 8.54. The summed E-state index contributed by atoms with van der Waals surface area (Å²) < 4.78 is 0. The molecule has 0 aromatic rings. The molecule has 0 spiro atoms. The van der Waals surface area contributed by atoms with E-state index >= 15 is 0 Å². The lowest BCUT2D eigenvalue weighted by atomic mass is 9.83. The van der Waals surface area contributed by atoms with Gasteiger partial charge >= 0.3 is 0 Å². The smallest absolute Gasteiger partial charge is 0.123 e. The molecular weight excluding hydrogens is 126 g/mol. The fourth-order valence-corrected chi connectivity index (χ4v) is 1.47. The maximum Gasteiger partial charge on any atom is 0.123 e. The Morgan fingerprint density at radius 1 is 1.50 bits per heavy atom. The number of carbonyl (C=O) groups is 1. The van der Waals surface area contributed by atoms with Crippen LogP contribution in [0, 0.1) is 23.2 Å². The molecule has 54 valence electrons. The van der Waals surface area contributed by atoms with Crippen molar-refractivity contribution in [2.45, 2.75) is 25.7 Å². The van der Waals surface area contributed by atoms with E-state index in [0.717, 1.165) is 32.0 Å². The van der Waals surface area contributed by atoms with Crippen molar-refractivity contribution in [2.75, 3.05) is 0 Å². The van der Waals surface area contributed by atoms with Gasteiger partial charge in [-0.1, -0.05) is 6.42 Å². The average Bonchev–Trinajstić information content (AvgIpc) is 2.05. The van der Waals surface area contributed by atoms with E-state index in [4.69, 9.17) is 5.26 Å². The van der Waals surface area contributed by atoms with Gasteiger partial charge in [0.05, 0.1) is 6.07 Å². The number of nitrogens with zero attached hydrogens (tertiary/aromatic N) is 1. The summed E-state index contributed by atoms with van der Waals surface area (Å²) in [4.78, 5) is 10.3. The maximum atomic E-state index is 10.3. The van der Waals surface area contributed by atoms with Gasteiger partial charge < -0.3 is 4.79 Å². The first-order valence-corrected chi connectivity index (χ1v) is 3.71. The molecule has 2 heteroatoms. The molecule has 0 aromatic heterocycles. The molecule has 0 heterocycles. The molecule has 0 aromatic carbocycles. The minimum atomic E-state index is 0.143. The van der Waals surface area contributed by atoms with Crippen LogP contribution < -0.4 is 0 Å². The normalized spacial score (nSPS) is 32.7. The van der Waals surface area contributed by atoms with Crippen LogP contribution in [-0.4, -0.2) is 6.29 Å². The molecule has 0 bridgehead atoms. The van der Waals surface area contributed by atoms with Crippen LogP contribution in [0.5, 0.6) is 0 Å². The Kier molecular flexibility index (Phi) is 2.44. The lowest BCUT2D eigenvalue weighted by molar-refractivity contribution is -0.112. The van der Waals surface area contributed by atoms with E-state index in [2.05, 4.69) is 6.07 Å². The highest BCUT2D eigenvalue weighted by atomic mass is 16.1. The monoisotopic (exact) mass is 137 g/mol. The van der Waals surface area contributed by atoms with Gasteiger partial charge in [0.25, 0.3) is 0 Å². The summed E-state index contributed by atoms with van der Waals surface area (Å²) in [5.41, 5.74) is 0. The van der Waals surface area contributed by atoms with Crippen molar-refractivity contribution in [3.63, 3.8) is 0 Å². The van der Waals surface area contributed by atoms with Crippen molar-refractivity contribution >= 4 is 6.29 Å². The second kappa shape index (κ2) is 3.36. The molecule has 0 amide bonds. The molecule has 1 saturated carbocycles. The van der Waals surface area contributed by atoms with Crippen molar-refractivity contribution in [1.82, 2.24) is 0 Å². The number of hydrogen-bond donors (Lipinski definition) is 0. The summed E-state index contributed by atoms with van der Waals surface area (Å²) in [6.07, 6.45) is 4.80. The highest BCUT2D eigenvalue weighted by molar-refractivity contribution is 5.53. The van der Waals surface area contributed by atoms with Gasteiger partial charge in [-0.25, -0.2) is 0 Å². The molecule has 1 aliphatic rings. The number of rotatable bonds is 1. The molecule has 1 fully saturated rings. The van der Waals surface area contributed by atoms with Gasteiger partial charge in [0.15, 0.2) is 0 Å². The van der Waals surface area contributed by atoms with Crippen molar-refractivity contribution in [2.24, 2.45) is 11.8 Å². The van der Waals surface area contributed by atoms with Gasteiger partial charge in [-0.3, -0.25) is 0 Å². The van der Waals surface area contributed by atoms with Gasteiger partial charge in [-0.2, -0.15) is 5.26 Å². The van der Waals surface area contributed by atoms with Gasteiger partial charge in [0.2, 0.25) is 0 Å². The molecule has 0 unspecified atom stereocenters. The lowest BCUT2D eigenvalue weighted by Crippen LogP contribution is -2.14. The minimum absolute atomic E-state index is 0.143. The highest BCUT2D eigenvalue weighted by Gasteiger charge is 2.20. The minimum Gasteiger partial charge on any atom is -0.303 e. The Morgan fingerprint density at radius 2 is 2.30 bits per heavy atom. The summed E-state index contributed by atoms with van der Waals surface area (Å²) in [5.74, 6) is 0.308. The molecule has 1 rings (SSSR count). The SMILES string of the molecule is N#C[C@H]1CCC[C@@H](C=O)C1. The average molecular weight is 137 g/mol. The molecule has 2 atom stereocenters. The van der Waals surface area contributed by atoms with Crippen LogP contribution in [0.3, 0.4) is 0 Å². The summed E-state index contributed by atoms with van der Waals surface area (Å²) in [6.45, 7) is 0. The third kappa shape index (κ3) is 1.57. The first-order chi connectivity index (χ1) is 4.86. The fourth-order valence-electron chi connectivity index (χ4n) is 1.47. The van der Waals surface area contributed by atoms with Crippen LogP contribution in [0.2, 0.25) is 0 Å². The zero-order chi connectivity index (χ0) is 7.40. The maximum absolute atomic E-state index is 10.3. The summed E-state index contributed by atoms with van der Waals surface area (Å²) >= 11 is 0. The summed E-state index contributed by atoms with van der Waals surface area (Å²) in [7, 11) is 0. The van der Waals surface area contributed by atoms with E-state index in [1.807, 2.05) is 0 Å². The molecule has 0 radical (unpaired) electrons. The van der Waals surface area contributed by atoms with E-state index in [1.54, 1.807) is 0 Å². The van der Waals surface area contributed by atoms with Crippen LogP contribution >= 0.6 is 0 Å². The van der Waals surface area contributed by atoms with E-state index in [1.165, 1.54) is 0 Å². The topological polar surface area (TPSA) is 40.9 Å². The second-order valence-corrected chi connectivity index (χ2v) is 2.89. The van der Waals surface area contributed by atoms with Crippen LogP contribution in [0.4, 0.5) is 0 Å². The molecule has 10 heavy (non-hydrogen) atoms. The molecule has 0 N–H and O–H groups in total. The van der Waals surface area contributed by atoms with Crippen molar-refractivity contribution < 1.29 is 4.79 Å². The Morgan fingerprint density at radius 3 is 2.90 bits per heavy atom. The molecule has 1 aliphatic carbocycles. The van der Waals surface area contributed by atoms with E-state index in [9.17, 15) is 4.79 Å². The van der Waals surface area contributed by atoms with Gasteiger partial charge in [0, 0.05) is 11.8 Å².